The van der Waals surface area contributed by atoms with Crippen molar-refractivity contribution in [3.05, 3.63) is 24.0 Å². The van der Waals surface area contributed by atoms with Gasteiger partial charge in [-0.3, -0.25) is 4.79 Å². The van der Waals surface area contributed by atoms with Crippen molar-refractivity contribution < 1.29 is 9.90 Å². The lowest BCUT2D eigenvalue weighted by atomic mass is 9.96. The van der Waals surface area contributed by atoms with E-state index in [-0.39, 0.29) is 17.9 Å². The van der Waals surface area contributed by atoms with Gasteiger partial charge >= 0.3 is 0 Å². The molecule has 0 spiro atoms. The number of rotatable bonds is 1. The Morgan fingerprint density at radius 3 is 2.94 bits per heavy atom. The minimum absolute atomic E-state index is 0.0937. The zero-order chi connectivity index (χ0) is 12.4. The predicted octanol–water partition coefficient (Wildman–Crippen LogP) is 0.507. The van der Waals surface area contributed by atoms with Crippen LogP contribution in [0.25, 0.3) is 0 Å². The summed E-state index contributed by atoms with van der Waals surface area (Å²) >= 11 is 0. The number of aliphatic hydroxyl groups is 1. The Balaban J connectivity index is 2.08. The molecule has 1 aromatic heterocycles. The van der Waals surface area contributed by atoms with Crippen LogP contribution in [0, 0.1) is 5.92 Å². The highest BCUT2D eigenvalue weighted by atomic mass is 16.3. The van der Waals surface area contributed by atoms with Gasteiger partial charge in [0.2, 0.25) is 0 Å². The third-order valence-electron chi connectivity index (χ3n) is 3.15. The molecular weight excluding hydrogens is 218 g/mol. The van der Waals surface area contributed by atoms with E-state index in [9.17, 15) is 9.90 Å². The van der Waals surface area contributed by atoms with E-state index in [1.54, 1.807) is 17.0 Å². The van der Waals surface area contributed by atoms with Crippen LogP contribution in [0.3, 0.4) is 0 Å². The largest absolute Gasteiger partial charge is 0.397 e. The molecule has 5 heteroatoms. The van der Waals surface area contributed by atoms with Crippen molar-refractivity contribution in [2.24, 2.45) is 5.92 Å². The molecule has 0 radical (unpaired) electrons. The molecule has 2 unspecified atom stereocenters. The first-order valence-corrected chi connectivity index (χ1v) is 5.77. The molecule has 92 valence electrons. The number of anilines is 1. The summed E-state index contributed by atoms with van der Waals surface area (Å²) in [4.78, 5) is 17.9. The van der Waals surface area contributed by atoms with E-state index in [1.807, 2.05) is 6.92 Å². The van der Waals surface area contributed by atoms with Crippen LogP contribution < -0.4 is 5.73 Å². The van der Waals surface area contributed by atoms with Gasteiger partial charge in [0.15, 0.2) is 0 Å². The van der Waals surface area contributed by atoms with E-state index < -0.39 is 0 Å². The fraction of sp³-hybridized carbons (Fsp3) is 0.500. The topological polar surface area (TPSA) is 79.5 Å². The summed E-state index contributed by atoms with van der Waals surface area (Å²) in [5, 5.41) is 9.61. The standard InChI is InChI=1S/C12H17N3O2/c1-8-7-15(5-4-11(8)16)12(17)10-3-2-9(13)6-14-10/h2-3,6,8,11,16H,4-5,7,13H2,1H3. The van der Waals surface area contributed by atoms with E-state index in [2.05, 4.69) is 4.98 Å². The SMILES string of the molecule is CC1CN(C(=O)c2ccc(N)cn2)CCC1O. The van der Waals surface area contributed by atoms with Crippen molar-refractivity contribution in [3.63, 3.8) is 0 Å². The normalized spacial score (nSPS) is 24.7. The smallest absolute Gasteiger partial charge is 0.272 e. The lowest BCUT2D eigenvalue weighted by Crippen LogP contribution is -2.45. The Morgan fingerprint density at radius 2 is 2.35 bits per heavy atom. The summed E-state index contributed by atoms with van der Waals surface area (Å²) in [5.74, 6) is 0.0187. The number of likely N-dealkylation sites (tertiary alicyclic amines) is 1. The van der Waals surface area contributed by atoms with Gasteiger partial charge < -0.3 is 15.7 Å². The zero-order valence-electron chi connectivity index (χ0n) is 9.84. The molecule has 0 saturated carbocycles. The molecule has 1 aliphatic rings. The molecule has 1 fully saturated rings. The van der Waals surface area contributed by atoms with E-state index in [4.69, 9.17) is 5.73 Å². The number of amides is 1. The Kier molecular flexibility index (Phi) is 3.28. The molecule has 1 aliphatic heterocycles. The summed E-state index contributed by atoms with van der Waals surface area (Å²) in [5.41, 5.74) is 6.48. The number of carbonyl (C=O) groups is 1. The maximum absolute atomic E-state index is 12.1. The number of piperidine rings is 1. The van der Waals surface area contributed by atoms with Gasteiger partial charge in [-0.2, -0.15) is 0 Å². The van der Waals surface area contributed by atoms with Gasteiger partial charge in [0, 0.05) is 13.1 Å². The molecule has 5 nitrogen and oxygen atoms in total. The van der Waals surface area contributed by atoms with E-state index in [0.29, 0.717) is 30.9 Å². The summed E-state index contributed by atoms with van der Waals surface area (Å²) in [6.07, 6.45) is 1.80. The van der Waals surface area contributed by atoms with Crippen molar-refractivity contribution in [1.29, 1.82) is 0 Å². The number of pyridine rings is 1. The molecule has 0 aromatic carbocycles. The van der Waals surface area contributed by atoms with Crippen LogP contribution in [-0.2, 0) is 0 Å². The second-order valence-corrected chi connectivity index (χ2v) is 4.56. The summed E-state index contributed by atoms with van der Waals surface area (Å²) in [6, 6.07) is 3.30. The van der Waals surface area contributed by atoms with Gasteiger partial charge in [-0.15, -0.1) is 0 Å². The summed E-state index contributed by atoms with van der Waals surface area (Å²) < 4.78 is 0. The number of hydrogen-bond donors (Lipinski definition) is 2. The maximum Gasteiger partial charge on any atom is 0.272 e. The number of hydrogen-bond acceptors (Lipinski definition) is 4. The fourth-order valence-electron chi connectivity index (χ4n) is 2.01. The van der Waals surface area contributed by atoms with Crippen LogP contribution in [0.2, 0.25) is 0 Å². The Bertz CT molecular complexity index is 405. The quantitative estimate of drug-likeness (QED) is 0.743. The number of aliphatic hydroxyl groups excluding tert-OH is 1. The van der Waals surface area contributed by atoms with Crippen LogP contribution in [0.5, 0.6) is 0 Å². The lowest BCUT2D eigenvalue weighted by Gasteiger charge is -2.34. The third kappa shape index (κ3) is 2.55. The molecule has 3 N–H and O–H groups in total. The summed E-state index contributed by atoms with van der Waals surface area (Å²) in [7, 11) is 0. The number of nitrogens with two attached hydrogens (primary N) is 1. The molecule has 1 amide bonds. The third-order valence-corrected chi connectivity index (χ3v) is 3.15. The fourth-order valence-corrected chi connectivity index (χ4v) is 2.01. The lowest BCUT2D eigenvalue weighted by molar-refractivity contribution is 0.0294. The summed E-state index contributed by atoms with van der Waals surface area (Å²) in [6.45, 7) is 3.10. The first kappa shape index (κ1) is 11.9. The van der Waals surface area contributed by atoms with Gasteiger partial charge in [0.1, 0.15) is 5.69 Å². The predicted molar refractivity (Wildman–Crippen MR) is 64.3 cm³/mol. The molecule has 1 saturated heterocycles. The van der Waals surface area contributed by atoms with Gasteiger partial charge in [-0.05, 0) is 24.5 Å². The second-order valence-electron chi connectivity index (χ2n) is 4.56. The number of nitrogen functional groups attached to an aromatic ring is 1. The molecular formula is C12H17N3O2. The molecule has 2 rings (SSSR count). The molecule has 0 aliphatic carbocycles. The zero-order valence-corrected chi connectivity index (χ0v) is 9.84. The van der Waals surface area contributed by atoms with Crippen LogP contribution in [-0.4, -0.2) is 40.1 Å². The van der Waals surface area contributed by atoms with Crippen molar-refractivity contribution in [2.45, 2.75) is 19.4 Å². The van der Waals surface area contributed by atoms with Crippen LogP contribution in [0.4, 0.5) is 5.69 Å². The highest BCUT2D eigenvalue weighted by Gasteiger charge is 2.28. The van der Waals surface area contributed by atoms with E-state index >= 15 is 0 Å². The van der Waals surface area contributed by atoms with Gasteiger partial charge in [0.25, 0.3) is 5.91 Å². The van der Waals surface area contributed by atoms with E-state index in [0.717, 1.165) is 0 Å². The average Bonchev–Trinajstić information content (AvgIpc) is 2.33. The maximum atomic E-state index is 12.1. The van der Waals surface area contributed by atoms with Gasteiger partial charge in [-0.25, -0.2) is 4.98 Å². The van der Waals surface area contributed by atoms with Crippen LogP contribution >= 0.6 is 0 Å². The monoisotopic (exact) mass is 235 g/mol. The van der Waals surface area contributed by atoms with E-state index in [1.165, 1.54) is 6.20 Å². The van der Waals surface area contributed by atoms with Gasteiger partial charge in [0.05, 0.1) is 18.0 Å². The van der Waals surface area contributed by atoms with Crippen molar-refractivity contribution in [2.75, 3.05) is 18.8 Å². The Hall–Kier alpha value is -1.62. The molecule has 17 heavy (non-hydrogen) atoms. The highest BCUT2D eigenvalue weighted by molar-refractivity contribution is 5.92. The highest BCUT2D eigenvalue weighted by Crippen LogP contribution is 2.18. The van der Waals surface area contributed by atoms with Crippen molar-refractivity contribution in [1.82, 2.24) is 9.88 Å². The first-order valence-electron chi connectivity index (χ1n) is 5.77. The molecule has 2 atom stereocenters. The number of carbonyl (C=O) groups excluding carboxylic acids is 1. The molecule has 2 heterocycles. The van der Waals surface area contributed by atoms with Gasteiger partial charge in [-0.1, -0.05) is 6.92 Å². The number of aromatic nitrogens is 1. The van der Waals surface area contributed by atoms with Crippen LogP contribution in [0.1, 0.15) is 23.8 Å². The van der Waals surface area contributed by atoms with Crippen molar-refractivity contribution >= 4 is 11.6 Å². The Morgan fingerprint density at radius 1 is 1.59 bits per heavy atom. The number of nitrogens with zero attached hydrogens (tertiary/aromatic N) is 2. The second kappa shape index (κ2) is 4.71. The Labute approximate surface area is 100 Å². The molecule has 1 aromatic rings. The molecule has 0 bridgehead atoms. The average molecular weight is 235 g/mol. The minimum Gasteiger partial charge on any atom is -0.397 e. The first-order chi connectivity index (χ1) is 8.08. The van der Waals surface area contributed by atoms with Crippen molar-refractivity contribution in [3.8, 4) is 0 Å². The van der Waals surface area contributed by atoms with Crippen LogP contribution in [0.15, 0.2) is 18.3 Å². The minimum atomic E-state index is -0.307.